The smallest absolute Gasteiger partial charge is 0.291 e. The number of nitrogens with one attached hydrogen (secondary N) is 1. The lowest BCUT2D eigenvalue weighted by molar-refractivity contribution is 0.628. The van der Waals surface area contributed by atoms with Crippen molar-refractivity contribution < 1.29 is 0 Å². The number of nitrogens with two attached hydrogens (primary N) is 2. The van der Waals surface area contributed by atoms with Gasteiger partial charge in [-0.3, -0.25) is 15.3 Å². The molecule has 0 radical (unpaired) electrons. The number of hydrogen-bond donors (Lipinski definition) is 3. The molecule has 140 valence electrons. The summed E-state index contributed by atoms with van der Waals surface area (Å²) in [7, 11) is 3.72. The van der Waals surface area contributed by atoms with E-state index in [2.05, 4.69) is 15.6 Å². The Kier molecular flexibility index (Phi) is 4.16. The lowest BCUT2D eigenvalue weighted by Gasteiger charge is -2.05. The minimum atomic E-state index is -0.222. The Morgan fingerprint density at radius 3 is 2.93 bits per heavy atom. The van der Waals surface area contributed by atoms with E-state index in [4.69, 9.17) is 16.6 Å². The van der Waals surface area contributed by atoms with Gasteiger partial charge in [-0.05, 0) is 6.07 Å². The van der Waals surface area contributed by atoms with Gasteiger partial charge in [0.25, 0.3) is 5.56 Å². The maximum atomic E-state index is 12.8. The minimum Gasteiger partial charge on any atom is -0.399 e. The van der Waals surface area contributed by atoms with E-state index in [1.807, 2.05) is 30.9 Å². The molecule has 11 heteroatoms. The van der Waals surface area contributed by atoms with Crippen LogP contribution in [0.3, 0.4) is 0 Å². The highest BCUT2D eigenvalue weighted by Gasteiger charge is 2.18. The first-order valence-electron chi connectivity index (χ1n) is 8.21. The molecular weight excluding hydrogens is 366 g/mol. The Morgan fingerprint density at radius 1 is 1.41 bits per heavy atom. The second kappa shape index (κ2) is 6.52. The van der Waals surface area contributed by atoms with Gasteiger partial charge >= 0.3 is 0 Å². The van der Waals surface area contributed by atoms with Crippen molar-refractivity contribution in [2.75, 3.05) is 0 Å². The Labute approximate surface area is 157 Å². The number of thiazole rings is 1. The summed E-state index contributed by atoms with van der Waals surface area (Å²) in [5.41, 5.74) is 10.6. The fourth-order valence-electron chi connectivity index (χ4n) is 3.06. The van der Waals surface area contributed by atoms with Crippen molar-refractivity contribution in [3.63, 3.8) is 0 Å². The number of allylic oxidation sites excluding steroid dienone is 1. The zero-order valence-corrected chi connectivity index (χ0v) is 15.7. The van der Waals surface area contributed by atoms with Gasteiger partial charge in [-0.2, -0.15) is 10.2 Å². The summed E-state index contributed by atoms with van der Waals surface area (Å²) in [6.45, 7) is 0.149. The normalized spacial score (nSPS) is 12.3. The van der Waals surface area contributed by atoms with E-state index >= 15 is 0 Å². The van der Waals surface area contributed by atoms with Crippen molar-refractivity contribution in [1.82, 2.24) is 34.5 Å². The van der Waals surface area contributed by atoms with E-state index in [0.717, 1.165) is 26.4 Å². The first-order chi connectivity index (χ1) is 13.0. The molecule has 0 amide bonds. The van der Waals surface area contributed by atoms with Crippen molar-refractivity contribution in [3.05, 3.63) is 51.4 Å². The predicted octanol–water partition coefficient (Wildman–Crippen LogP) is -0.0676. The molecule has 0 aliphatic carbocycles. The minimum absolute atomic E-state index is 0.149. The highest BCUT2D eigenvalue weighted by atomic mass is 32.1. The van der Waals surface area contributed by atoms with Gasteiger partial charge in [0.1, 0.15) is 10.5 Å². The van der Waals surface area contributed by atoms with E-state index in [1.165, 1.54) is 10.9 Å². The number of aromatic nitrogens is 6. The molecule has 0 aromatic carbocycles. The van der Waals surface area contributed by atoms with Crippen molar-refractivity contribution in [3.8, 4) is 0 Å². The van der Waals surface area contributed by atoms with Crippen LogP contribution < -0.4 is 22.6 Å². The first kappa shape index (κ1) is 17.2. The zero-order chi connectivity index (χ0) is 19.1. The van der Waals surface area contributed by atoms with E-state index in [0.29, 0.717) is 17.6 Å². The van der Waals surface area contributed by atoms with Crippen molar-refractivity contribution in [2.24, 2.45) is 25.7 Å². The number of fused-ring (bicyclic) bond motifs is 3. The number of rotatable bonds is 5. The highest BCUT2D eigenvalue weighted by molar-refractivity contribution is 7.19. The fraction of sp³-hybridized carbons (Fsp3) is 0.250. The van der Waals surface area contributed by atoms with Crippen molar-refractivity contribution >= 4 is 32.6 Å². The Balaban J connectivity index is 1.78. The molecule has 5 N–H and O–H groups in total. The van der Waals surface area contributed by atoms with E-state index in [-0.39, 0.29) is 12.1 Å². The third-order valence-electron chi connectivity index (χ3n) is 4.27. The average Bonchev–Trinajstić information content (AvgIpc) is 3.28. The summed E-state index contributed by atoms with van der Waals surface area (Å²) in [6, 6.07) is 1.97. The van der Waals surface area contributed by atoms with E-state index in [9.17, 15) is 4.79 Å². The third-order valence-corrected chi connectivity index (χ3v) is 5.35. The molecule has 0 saturated heterocycles. The van der Waals surface area contributed by atoms with Crippen LogP contribution >= 0.6 is 11.3 Å². The van der Waals surface area contributed by atoms with Gasteiger partial charge in [-0.15, -0.1) is 11.3 Å². The summed E-state index contributed by atoms with van der Waals surface area (Å²) in [5, 5.41) is 10.4. The van der Waals surface area contributed by atoms with Crippen molar-refractivity contribution in [2.45, 2.75) is 13.0 Å². The van der Waals surface area contributed by atoms with Crippen LogP contribution in [0.25, 0.3) is 21.3 Å². The largest absolute Gasteiger partial charge is 0.399 e. The lowest BCUT2D eigenvalue weighted by atomic mass is 10.3. The fourth-order valence-corrected chi connectivity index (χ4v) is 4.18. The van der Waals surface area contributed by atoms with Crippen LogP contribution in [0, 0.1) is 0 Å². The molecular formula is C16H19N9OS. The summed E-state index contributed by atoms with van der Waals surface area (Å²) >= 11 is 1.56. The monoisotopic (exact) mass is 385 g/mol. The lowest BCUT2D eigenvalue weighted by Crippen LogP contribution is -2.27. The molecule has 4 aromatic rings. The van der Waals surface area contributed by atoms with Crippen molar-refractivity contribution in [1.29, 1.82) is 0 Å². The molecule has 10 nitrogen and oxygen atoms in total. The van der Waals surface area contributed by atoms with E-state index < -0.39 is 0 Å². The van der Waals surface area contributed by atoms with Gasteiger partial charge in [0.15, 0.2) is 5.65 Å². The predicted molar refractivity (Wildman–Crippen MR) is 104 cm³/mol. The molecule has 0 bridgehead atoms. The summed E-state index contributed by atoms with van der Waals surface area (Å²) in [5.74, 6) is 5.21. The van der Waals surface area contributed by atoms with Crippen LogP contribution in [-0.2, 0) is 27.1 Å². The van der Waals surface area contributed by atoms with Crippen LogP contribution in [0.2, 0.25) is 0 Å². The molecule has 0 fully saturated rings. The highest BCUT2D eigenvalue weighted by Crippen LogP contribution is 2.31. The van der Waals surface area contributed by atoms with Crippen LogP contribution in [-0.4, -0.2) is 29.1 Å². The van der Waals surface area contributed by atoms with Gasteiger partial charge < -0.3 is 15.7 Å². The van der Waals surface area contributed by atoms with Gasteiger partial charge in [0.2, 0.25) is 0 Å². The molecule has 0 aliphatic heterocycles. The zero-order valence-electron chi connectivity index (χ0n) is 14.9. The standard InChI is InChI=1S/C16H19N9OS/c1-23-4-3-10(22-23)5-12-21-15-14(27-12)11-7-20-25(8-9(17)6-19-18)16(26)13(11)24(15)2/h3-4,6-7,19H,5,8,17-18H2,1-2H3/b9-6-. The molecule has 27 heavy (non-hydrogen) atoms. The summed E-state index contributed by atoms with van der Waals surface area (Å²) < 4.78 is 5.83. The van der Waals surface area contributed by atoms with Crippen LogP contribution in [0.4, 0.5) is 0 Å². The average molecular weight is 385 g/mol. The third kappa shape index (κ3) is 2.96. The quantitative estimate of drug-likeness (QED) is 0.323. The Morgan fingerprint density at radius 2 is 2.22 bits per heavy atom. The van der Waals surface area contributed by atoms with Crippen LogP contribution in [0.1, 0.15) is 10.7 Å². The molecule has 4 rings (SSSR count). The number of hydrazine groups is 1. The summed E-state index contributed by atoms with van der Waals surface area (Å²) in [6.07, 6.45) is 5.67. The number of aryl methyl sites for hydroxylation is 2. The maximum Gasteiger partial charge on any atom is 0.291 e. The molecule has 0 unspecified atom stereocenters. The molecule has 0 aliphatic rings. The molecule has 0 atom stereocenters. The van der Waals surface area contributed by atoms with Crippen LogP contribution in [0.5, 0.6) is 0 Å². The van der Waals surface area contributed by atoms with E-state index in [1.54, 1.807) is 22.2 Å². The SMILES string of the molecule is Cn1ccc(Cc2nc3c(s2)c2cnn(C/C(N)=C/NN)c(=O)c2n3C)n1. The van der Waals surface area contributed by atoms with Gasteiger partial charge in [0, 0.05) is 44.0 Å². The Hall–Kier alpha value is -3.18. The maximum absolute atomic E-state index is 12.8. The second-order valence-electron chi connectivity index (χ2n) is 6.23. The Bertz CT molecular complexity index is 1230. The van der Waals surface area contributed by atoms with Gasteiger partial charge in [-0.1, -0.05) is 0 Å². The molecule has 0 saturated carbocycles. The molecule has 4 heterocycles. The molecule has 0 spiro atoms. The van der Waals surface area contributed by atoms with Crippen LogP contribution in [0.15, 0.2) is 35.2 Å². The van der Waals surface area contributed by atoms with Gasteiger partial charge in [-0.25, -0.2) is 9.67 Å². The van der Waals surface area contributed by atoms with Gasteiger partial charge in [0.05, 0.1) is 23.1 Å². The molecule has 4 aromatic heterocycles. The first-order valence-corrected chi connectivity index (χ1v) is 9.02. The number of hydrogen-bond acceptors (Lipinski definition) is 8. The second-order valence-corrected chi connectivity index (χ2v) is 7.32. The topological polar surface area (TPSA) is 135 Å². The number of nitrogens with zero attached hydrogens (tertiary/aromatic N) is 6. The summed E-state index contributed by atoms with van der Waals surface area (Å²) in [4.78, 5) is 17.6.